The van der Waals surface area contributed by atoms with Crippen LogP contribution in [0.3, 0.4) is 0 Å². The number of nitriles is 1. The van der Waals surface area contributed by atoms with Gasteiger partial charge in [0, 0.05) is 11.3 Å². The Hall–Kier alpha value is -2.88. The van der Waals surface area contributed by atoms with Crippen molar-refractivity contribution in [3.63, 3.8) is 0 Å². The lowest BCUT2D eigenvalue weighted by atomic mass is 10.0. The third-order valence-corrected chi connectivity index (χ3v) is 3.99. The molecule has 0 fully saturated rings. The van der Waals surface area contributed by atoms with Gasteiger partial charge in [-0.25, -0.2) is 0 Å². The van der Waals surface area contributed by atoms with Crippen LogP contribution in [-0.4, -0.2) is 19.8 Å². The number of methoxy groups -OCH3 is 1. The lowest BCUT2D eigenvalue weighted by Gasteiger charge is -2.28. The van der Waals surface area contributed by atoms with Crippen LogP contribution in [0.2, 0.25) is 0 Å². The first-order valence-corrected chi connectivity index (χ1v) is 7.59. The van der Waals surface area contributed by atoms with Crippen molar-refractivity contribution >= 4 is 5.69 Å². The smallest absolute Gasteiger partial charge is 0.418 e. The quantitative estimate of drug-likeness (QED) is 0.911. The molecule has 0 bridgehead atoms. The fourth-order valence-electron chi connectivity index (χ4n) is 2.84. The fourth-order valence-corrected chi connectivity index (χ4v) is 2.84. The SMILES string of the molecule is COc1cccc2c1OCC(Nc1ccc(C#N)cc1C(F)(F)F)C2. The third kappa shape index (κ3) is 3.48. The number of hydrogen-bond donors (Lipinski definition) is 1. The molecule has 0 aliphatic carbocycles. The van der Waals surface area contributed by atoms with Gasteiger partial charge in [0.2, 0.25) is 0 Å². The molecule has 7 heteroatoms. The van der Waals surface area contributed by atoms with E-state index in [1.165, 1.54) is 19.2 Å². The van der Waals surface area contributed by atoms with Crippen molar-refractivity contribution in [2.24, 2.45) is 0 Å². The zero-order chi connectivity index (χ0) is 18.0. The lowest BCUT2D eigenvalue weighted by molar-refractivity contribution is -0.137. The summed E-state index contributed by atoms with van der Waals surface area (Å²) in [6.45, 7) is 0.213. The third-order valence-electron chi connectivity index (χ3n) is 3.99. The topological polar surface area (TPSA) is 54.3 Å². The molecule has 1 heterocycles. The highest BCUT2D eigenvalue weighted by atomic mass is 19.4. The largest absolute Gasteiger partial charge is 0.493 e. The molecule has 2 aromatic rings. The normalized spacial score (nSPS) is 16.4. The second-order valence-electron chi connectivity index (χ2n) is 5.67. The monoisotopic (exact) mass is 348 g/mol. The van der Waals surface area contributed by atoms with Crippen LogP contribution >= 0.6 is 0 Å². The van der Waals surface area contributed by atoms with Crippen molar-refractivity contribution in [2.45, 2.75) is 18.6 Å². The van der Waals surface area contributed by atoms with Gasteiger partial charge in [-0.05, 0) is 30.7 Å². The summed E-state index contributed by atoms with van der Waals surface area (Å²) in [5, 5.41) is 11.7. The van der Waals surface area contributed by atoms with Gasteiger partial charge in [-0.1, -0.05) is 12.1 Å². The van der Waals surface area contributed by atoms with Gasteiger partial charge in [0.25, 0.3) is 0 Å². The summed E-state index contributed by atoms with van der Waals surface area (Å²) in [7, 11) is 1.54. The maximum absolute atomic E-state index is 13.3. The number of hydrogen-bond acceptors (Lipinski definition) is 4. The number of benzene rings is 2. The Balaban J connectivity index is 1.85. The van der Waals surface area contributed by atoms with Crippen LogP contribution in [0.25, 0.3) is 0 Å². The number of alkyl halides is 3. The highest BCUT2D eigenvalue weighted by molar-refractivity contribution is 5.57. The van der Waals surface area contributed by atoms with Gasteiger partial charge in [0.15, 0.2) is 11.5 Å². The van der Waals surface area contributed by atoms with Crippen molar-refractivity contribution in [3.05, 3.63) is 53.1 Å². The van der Waals surface area contributed by atoms with E-state index >= 15 is 0 Å². The molecule has 25 heavy (non-hydrogen) atoms. The predicted molar refractivity (Wildman–Crippen MR) is 85.8 cm³/mol. The van der Waals surface area contributed by atoms with E-state index in [2.05, 4.69) is 5.32 Å². The van der Waals surface area contributed by atoms with Crippen LogP contribution in [0.5, 0.6) is 11.5 Å². The standard InChI is InChI=1S/C18H15F3N2O2/c1-24-16-4-2-3-12-8-13(10-25-17(12)16)23-15-6-5-11(9-22)7-14(15)18(19,20)21/h2-7,13,23H,8,10H2,1H3. The molecule has 3 rings (SSSR count). The van der Waals surface area contributed by atoms with E-state index in [4.69, 9.17) is 14.7 Å². The van der Waals surface area contributed by atoms with Gasteiger partial charge in [-0.2, -0.15) is 18.4 Å². The molecule has 1 atom stereocenters. The minimum absolute atomic E-state index is 0.0344. The summed E-state index contributed by atoms with van der Waals surface area (Å²) in [4.78, 5) is 0. The zero-order valence-corrected chi connectivity index (χ0v) is 13.4. The van der Waals surface area contributed by atoms with Crippen LogP contribution in [-0.2, 0) is 12.6 Å². The van der Waals surface area contributed by atoms with Crippen molar-refractivity contribution in [1.29, 1.82) is 5.26 Å². The summed E-state index contributed by atoms with van der Waals surface area (Å²) in [6.07, 6.45) is -4.05. The Morgan fingerprint density at radius 3 is 2.76 bits per heavy atom. The number of nitrogens with one attached hydrogen (secondary N) is 1. The summed E-state index contributed by atoms with van der Waals surface area (Å²) in [5.41, 5.74) is -0.0902. The van der Waals surface area contributed by atoms with Gasteiger partial charge >= 0.3 is 6.18 Å². The molecule has 0 radical (unpaired) electrons. The minimum atomic E-state index is -4.55. The van der Waals surface area contributed by atoms with Crippen LogP contribution in [0.4, 0.5) is 18.9 Å². The van der Waals surface area contributed by atoms with E-state index in [0.717, 1.165) is 11.6 Å². The molecule has 0 spiro atoms. The molecule has 4 nitrogen and oxygen atoms in total. The number of ether oxygens (including phenoxy) is 2. The summed E-state index contributed by atoms with van der Waals surface area (Å²) in [5.74, 6) is 1.23. The van der Waals surface area contributed by atoms with Gasteiger partial charge < -0.3 is 14.8 Å². The maximum atomic E-state index is 13.3. The molecule has 0 saturated heterocycles. The van der Waals surface area contributed by atoms with Crippen LogP contribution < -0.4 is 14.8 Å². The summed E-state index contributed by atoms with van der Waals surface area (Å²) < 4.78 is 50.7. The Labute approximate surface area is 142 Å². The van der Waals surface area contributed by atoms with Gasteiger partial charge in [-0.15, -0.1) is 0 Å². The molecule has 130 valence electrons. The molecule has 1 N–H and O–H groups in total. The zero-order valence-electron chi connectivity index (χ0n) is 13.4. The van der Waals surface area contributed by atoms with E-state index in [0.29, 0.717) is 17.9 Å². The van der Waals surface area contributed by atoms with E-state index < -0.39 is 11.7 Å². The molecule has 1 aliphatic rings. The molecule has 0 amide bonds. The average molecular weight is 348 g/mol. The Morgan fingerprint density at radius 2 is 2.08 bits per heavy atom. The molecular weight excluding hydrogens is 333 g/mol. The number of rotatable bonds is 3. The first-order chi connectivity index (χ1) is 11.9. The number of fused-ring (bicyclic) bond motifs is 1. The van der Waals surface area contributed by atoms with Crippen LogP contribution in [0.15, 0.2) is 36.4 Å². The number of para-hydroxylation sites is 1. The van der Waals surface area contributed by atoms with Gasteiger partial charge in [0.1, 0.15) is 6.61 Å². The highest BCUT2D eigenvalue weighted by Gasteiger charge is 2.35. The van der Waals surface area contributed by atoms with Crippen LogP contribution in [0.1, 0.15) is 16.7 Å². The highest BCUT2D eigenvalue weighted by Crippen LogP contribution is 2.38. The maximum Gasteiger partial charge on any atom is 0.418 e. The lowest BCUT2D eigenvalue weighted by Crippen LogP contribution is -2.34. The van der Waals surface area contributed by atoms with Crippen molar-refractivity contribution in [1.82, 2.24) is 0 Å². The number of halogens is 3. The predicted octanol–water partition coefficient (Wildman–Crippen LogP) is 4.00. The van der Waals surface area contributed by atoms with Gasteiger partial charge in [-0.3, -0.25) is 0 Å². The molecule has 2 aromatic carbocycles. The minimum Gasteiger partial charge on any atom is -0.493 e. The van der Waals surface area contributed by atoms with Crippen molar-refractivity contribution in [3.8, 4) is 17.6 Å². The molecular formula is C18H15F3N2O2. The summed E-state index contributed by atoms with van der Waals surface area (Å²) in [6, 6.07) is 10.3. The number of anilines is 1. The molecule has 1 aliphatic heterocycles. The first kappa shape index (κ1) is 17.0. The fraction of sp³-hybridized carbons (Fsp3) is 0.278. The van der Waals surface area contributed by atoms with E-state index in [-0.39, 0.29) is 23.9 Å². The van der Waals surface area contributed by atoms with Crippen molar-refractivity contribution < 1.29 is 22.6 Å². The molecule has 0 aromatic heterocycles. The Kier molecular flexibility index (Phi) is 4.45. The van der Waals surface area contributed by atoms with Gasteiger partial charge in [0.05, 0.1) is 30.3 Å². The Bertz CT molecular complexity index is 828. The second kappa shape index (κ2) is 6.55. The Morgan fingerprint density at radius 1 is 1.28 bits per heavy atom. The number of nitrogens with zero attached hydrogens (tertiary/aromatic N) is 1. The molecule has 1 unspecified atom stereocenters. The second-order valence-corrected chi connectivity index (χ2v) is 5.67. The van der Waals surface area contributed by atoms with E-state index in [1.54, 1.807) is 12.1 Å². The van der Waals surface area contributed by atoms with E-state index in [1.807, 2.05) is 12.1 Å². The van der Waals surface area contributed by atoms with Crippen molar-refractivity contribution in [2.75, 3.05) is 19.0 Å². The first-order valence-electron chi connectivity index (χ1n) is 7.59. The van der Waals surface area contributed by atoms with E-state index in [9.17, 15) is 13.2 Å². The van der Waals surface area contributed by atoms with Crippen LogP contribution in [0, 0.1) is 11.3 Å². The molecule has 0 saturated carbocycles. The summed E-state index contributed by atoms with van der Waals surface area (Å²) >= 11 is 0. The average Bonchev–Trinajstić information content (AvgIpc) is 2.60.